The van der Waals surface area contributed by atoms with Crippen molar-refractivity contribution < 1.29 is 17.9 Å². The van der Waals surface area contributed by atoms with Crippen LogP contribution >= 0.6 is 15.9 Å². The van der Waals surface area contributed by atoms with Gasteiger partial charge in [0, 0.05) is 25.8 Å². The molecule has 1 aromatic heterocycles. The maximum atomic E-state index is 12.7. The first-order valence-corrected chi connectivity index (χ1v) is 6.75. The van der Waals surface area contributed by atoms with E-state index in [1.807, 2.05) is 19.0 Å². The van der Waals surface area contributed by atoms with Crippen LogP contribution in [0.25, 0.3) is 0 Å². The van der Waals surface area contributed by atoms with Crippen LogP contribution in [0.2, 0.25) is 0 Å². The molecule has 0 radical (unpaired) electrons. The van der Waals surface area contributed by atoms with E-state index in [9.17, 15) is 13.2 Å². The number of anilines is 1. The summed E-state index contributed by atoms with van der Waals surface area (Å²) in [5.41, 5.74) is 0.0571. The summed E-state index contributed by atoms with van der Waals surface area (Å²) in [5, 5.41) is 0. The molecule has 0 unspecified atom stereocenters. The van der Waals surface area contributed by atoms with Crippen molar-refractivity contribution in [2.24, 2.45) is 0 Å². The Morgan fingerprint density at radius 2 is 1.86 bits per heavy atom. The Hall–Kier alpha value is -1.76. The maximum absolute atomic E-state index is 12.7. The molecule has 0 atom stereocenters. The quantitative estimate of drug-likeness (QED) is 0.740. The van der Waals surface area contributed by atoms with E-state index in [1.165, 1.54) is 12.1 Å². The van der Waals surface area contributed by atoms with Gasteiger partial charge >= 0.3 is 6.18 Å². The Balaban J connectivity index is 2.30. The Morgan fingerprint density at radius 1 is 1.14 bits per heavy atom. The van der Waals surface area contributed by atoms with Crippen LogP contribution in [-0.2, 0) is 6.18 Å². The van der Waals surface area contributed by atoms with E-state index in [4.69, 9.17) is 4.74 Å². The summed E-state index contributed by atoms with van der Waals surface area (Å²) in [6.07, 6.45) is -4.40. The normalized spacial score (nSPS) is 11.3. The minimum absolute atomic E-state index is 0.0835. The minimum Gasteiger partial charge on any atom is -0.439 e. The number of hydrogen-bond acceptors (Lipinski definition) is 3. The Bertz CT molecular complexity index is 644. The second-order valence-electron chi connectivity index (χ2n) is 4.51. The number of nitrogens with zero attached hydrogens (tertiary/aromatic N) is 2. The van der Waals surface area contributed by atoms with E-state index in [0.717, 1.165) is 17.8 Å². The van der Waals surface area contributed by atoms with E-state index < -0.39 is 11.7 Å². The zero-order valence-electron chi connectivity index (χ0n) is 11.3. The molecule has 0 spiro atoms. The van der Waals surface area contributed by atoms with E-state index in [0.29, 0.717) is 4.60 Å². The molecule has 1 aromatic carbocycles. The van der Waals surface area contributed by atoms with Crippen LogP contribution in [0.1, 0.15) is 5.56 Å². The number of pyridine rings is 1. The fourth-order valence-corrected chi connectivity index (χ4v) is 2.04. The Morgan fingerprint density at radius 3 is 2.48 bits per heavy atom. The number of rotatable bonds is 3. The van der Waals surface area contributed by atoms with E-state index >= 15 is 0 Å². The molecule has 0 amide bonds. The van der Waals surface area contributed by atoms with Crippen molar-refractivity contribution in [1.29, 1.82) is 0 Å². The third kappa shape index (κ3) is 4.10. The summed E-state index contributed by atoms with van der Waals surface area (Å²) in [7, 11) is 3.69. The molecule has 0 fully saturated rings. The average Bonchev–Trinajstić information content (AvgIpc) is 2.37. The Kier molecular flexibility index (Phi) is 4.41. The molecule has 0 aliphatic carbocycles. The van der Waals surface area contributed by atoms with Crippen molar-refractivity contribution in [2.45, 2.75) is 6.18 Å². The van der Waals surface area contributed by atoms with Gasteiger partial charge in [-0.05, 0) is 40.2 Å². The highest BCUT2D eigenvalue weighted by Crippen LogP contribution is 2.33. The lowest BCUT2D eigenvalue weighted by molar-refractivity contribution is -0.137. The molecule has 0 bridgehead atoms. The molecular formula is C14H12BrF3N2O. The summed E-state index contributed by atoms with van der Waals surface area (Å²) < 4.78 is 43.9. The molecule has 21 heavy (non-hydrogen) atoms. The molecular weight excluding hydrogens is 349 g/mol. The van der Waals surface area contributed by atoms with Crippen molar-refractivity contribution in [2.75, 3.05) is 19.0 Å². The van der Waals surface area contributed by atoms with Gasteiger partial charge in [0.05, 0.1) is 5.56 Å². The van der Waals surface area contributed by atoms with Gasteiger partial charge in [0.2, 0.25) is 5.88 Å². The summed E-state index contributed by atoms with van der Waals surface area (Å²) >= 11 is 3.24. The lowest BCUT2D eigenvalue weighted by Gasteiger charge is -2.14. The van der Waals surface area contributed by atoms with Gasteiger partial charge in [-0.2, -0.15) is 13.2 Å². The highest BCUT2D eigenvalue weighted by molar-refractivity contribution is 9.10. The molecule has 0 saturated heterocycles. The number of halogens is 4. The molecule has 0 saturated carbocycles. The van der Waals surface area contributed by atoms with Crippen LogP contribution in [0.4, 0.5) is 18.9 Å². The molecule has 0 aliphatic rings. The van der Waals surface area contributed by atoms with E-state index in [1.54, 1.807) is 12.1 Å². The van der Waals surface area contributed by atoms with Gasteiger partial charge in [-0.1, -0.05) is 6.07 Å². The third-order valence-electron chi connectivity index (χ3n) is 2.66. The van der Waals surface area contributed by atoms with E-state index in [-0.39, 0.29) is 11.6 Å². The maximum Gasteiger partial charge on any atom is 0.416 e. The van der Waals surface area contributed by atoms with Gasteiger partial charge in [-0.25, -0.2) is 4.98 Å². The second kappa shape index (κ2) is 5.93. The van der Waals surface area contributed by atoms with Gasteiger partial charge in [-0.3, -0.25) is 0 Å². The second-order valence-corrected chi connectivity index (χ2v) is 5.32. The highest BCUT2D eigenvalue weighted by Gasteiger charge is 2.30. The molecule has 1 heterocycles. The fraction of sp³-hybridized carbons (Fsp3) is 0.214. The number of alkyl halides is 3. The summed E-state index contributed by atoms with van der Waals surface area (Å²) in [4.78, 5) is 5.93. The minimum atomic E-state index is -4.40. The summed E-state index contributed by atoms with van der Waals surface area (Å²) in [6.45, 7) is 0. The molecule has 2 rings (SSSR count). The van der Waals surface area contributed by atoms with Crippen molar-refractivity contribution in [1.82, 2.24) is 4.98 Å². The van der Waals surface area contributed by atoms with E-state index in [2.05, 4.69) is 20.9 Å². The zero-order chi connectivity index (χ0) is 15.6. The monoisotopic (exact) mass is 360 g/mol. The SMILES string of the molecule is CN(C)c1cc(Br)nc(Oc2cccc(C(F)(F)F)c2)c1. The lowest BCUT2D eigenvalue weighted by Crippen LogP contribution is -2.09. The average molecular weight is 361 g/mol. The zero-order valence-corrected chi connectivity index (χ0v) is 12.9. The number of benzene rings is 1. The van der Waals surface area contributed by atoms with Gasteiger partial charge < -0.3 is 9.64 Å². The Labute approximate surface area is 128 Å². The topological polar surface area (TPSA) is 25.4 Å². The predicted octanol–water partition coefficient (Wildman–Crippen LogP) is 4.72. The van der Waals surface area contributed by atoms with Crippen LogP contribution in [0.3, 0.4) is 0 Å². The van der Waals surface area contributed by atoms with Gasteiger partial charge in [0.15, 0.2) is 0 Å². The van der Waals surface area contributed by atoms with Crippen LogP contribution in [-0.4, -0.2) is 19.1 Å². The molecule has 2 aromatic rings. The number of hydrogen-bond donors (Lipinski definition) is 0. The predicted molar refractivity (Wildman–Crippen MR) is 77.8 cm³/mol. The largest absolute Gasteiger partial charge is 0.439 e. The fourth-order valence-electron chi connectivity index (χ4n) is 1.63. The molecule has 112 valence electrons. The standard InChI is InChI=1S/C14H12BrF3N2O/c1-20(2)10-7-12(15)19-13(8-10)21-11-5-3-4-9(6-11)14(16,17)18/h3-8H,1-2H3. The van der Waals surface area contributed by atoms with Crippen LogP contribution in [0, 0.1) is 0 Å². The summed E-state index contributed by atoms with van der Waals surface area (Å²) in [6, 6.07) is 8.10. The van der Waals surface area contributed by atoms with Crippen molar-refractivity contribution in [3.05, 3.63) is 46.6 Å². The molecule has 0 aliphatic heterocycles. The smallest absolute Gasteiger partial charge is 0.416 e. The molecule has 3 nitrogen and oxygen atoms in total. The van der Waals surface area contributed by atoms with Gasteiger partial charge in [0.25, 0.3) is 0 Å². The van der Waals surface area contributed by atoms with Gasteiger partial charge in [-0.15, -0.1) is 0 Å². The van der Waals surface area contributed by atoms with Crippen molar-refractivity contribution >= 4 is 21.6 Å². The summed E-state index contributed by atoms with van der Waals surface area (Å²) in [5.74, 6) is 0.299. The first kappa shape index (κ1) is 15.6. The third-order valence-corrected chi connectivity index (χ3v) is 3.06. The van der Waals surface area contributed by atoms with Crippen LogP contribution < -0.4 is 9.64 Å². The highest BCUT2D eigenvalue weighted by atomic mass is 79.9. The van der Waals surface area contributed by atoms with Gasteiger partial charge in [0.1, 0.15) is 10.4 Å². The van der Waals surface area contributed by atoms with Crippen LogP contribution in [0.5, 0.6) is 11.6 Å². The van der Waals surface area contributed by atoms with Crippen molar-refractivity contribution in [3.8, 4) is 11.6 Å². The van der Waals surface area contributed by atoms with Crippen molar-refractivity contribution in [3.63, 3.8) is 0 Å². The number of ether oxygens (including phenoxy) is 1. The molecule has 7 heteroatoms. The number of aromatic nitrogens is 1. The molecule has 0 N–H and O–H groups in total. The first-order chi connectivity index (χ1) is 9.75. The lowest BCUT2D eigenvalue weighted by atomic mass is 10.2. The first-order valence-electron chi connectivity index (χ1n) is 5.96. The van der Waals surface area contributed by atoms with Crippen LogP contribution in [0.15, 0.2) is 41.0 Å².